The van der Waals surface area contributed by atoms with Crippen molar-refractivity contribution >= 4 is 17.5 Å². The molecule has 1 N–H and O–H groups in total. The number of allylic oxidation sites excluding steroid dienone is 1. The Morgan fingerprint density at radius 2 is 1.73 bits per heavy atom. The normalized spacial score (nSPS) is 10.9. The van der Waals surface area contributed by atoms with Crippen LogP contribution in [0.1, 0.15) is 27.2 Å². The third-order valence-corrected chi connectivity index (χ3v) is 4.55. The van der Waals surface area contributed by atoms with Crippen molar-refractivity contribution < 1.29 is 4.79 Å². The zero-order chi connectivity index (χ0) is 20.6. The summed E-state index contributed by atoms with van der Waals surface area (Å²) in [5.41, 5.74) is 4.53. The number of benzene rings is 2. The Morgan fingerprint density at radius 1 is 0.967 bits per heavy atom. The van der Waals surface area contributed by atoms with Gasteiger partial charge in [0.1, 0.15) is 5.69 Å². The van der Waals surface area contributed by atoms with Crippen LogP contribution in [0, 0.1) is 0 Å². The first-order valence-corrected chi connectivity index (χ1v) is 9.65. The highest BCUT2D eigenvalue weighted by Crippen LogP contribution is 2.12. The van der Waals surface area contributed by atoms with Gasteiger partial charge in [0.25, 0.3) is 0 Å². The minimum absolute atomic E-state index is 0.0396. The molecule has 0 aliphatic heterocycles. The number of pyridine rings is 1. The lowest BCUT2D eigenvalue weighted by molar-refractivity contribution is 0.104. The molecular formula is C24H21N5O. The minimum atomic E-state index is -0.0396. The van der Waals surface area contributed by atoms with E-state index < -0.39 is 0 Å². The predicted octanol–water partition coefficient (Wildman–Crippen LogP) is 4.23. The second-order valence-electron chi connectivity index (χ2n) is 6.80. The molecule has 30 heavy (non-hydrogen) atoms. The lowest BCUT2D eigenvalue weighted by Crippen LogP contribution is -2.01. The number of ketones is 1. The number of anilines is 1. The molecule has 4 aromatic rings. The molecule has 0 radical (unpaired) electrons. The van der Waals surface area contributed by atoms with Crippen molar-refractivity contribution in [3.05, 3.63) is 114 Å². The summed E-state index contributed by atoms with van der Waals surface area (Å²) in [6.45, 7) is 1.25. The molecule has 0 amide bonds. The fourth-order valence-corrected chi connectivity index (χ4v) is 2.95. The molecule has 0 spiro atoms. The van der Waals surface area contributed by atoms with E-state index in [1.165, 1.54) is 5.56 Å². The largest absolute Gasteiger partial charge is 0.379 e. The van der Waals surface area contributed by atoms with Gasteiger partial charge in [-0.2, -0.15) is 0 Å². The van der Waals surface area contributed by atoms with Crippen molar-refractivity contribution in [2.75, 3.05) is 5.32 Å². The van der Waals surface area contributed by atoms with Crippen LogP contribution in [-0.4, -0.2) is 25.8 Å². The third-order valence-electron chi connectivity index (χ3n) is 4.55. The zero-order valence-electron chi connectivity index (χ0n) is 16.3. The van der Waals surface area contributed by atoms with Crippen molar-refractivity contribution in [2.45, 2.75) is 13.1 Å². The van der Waals surface area contributed by atoms with E-state index in [0.29, 0.717) is 18.7 Å². The Morgan fingerprint density at radius 3 is 2.50 bits per heavy atom. The molecule has 148 valence electrons. The van der Waals surface area contributed by atoms with Gasteiger partial charge in [-0.3, -0.25) is 9.78 Å². The molecule has 0 atom stereocenters. The van der Waals surface area contributed by atoms with Crippen LogP contribution in [0.15, 0.2) is 91.4 Å². The fourth-order valence-electron chi connectivity index (χ4n) is 2.95. The Kier molecular flexibility index (Phi) is 6.05. The SMILES string of the molecule is O=C(/C=C/c1ccncc1)c1ccc(NCc2cn(Cc3ccccc3)nn2)cc1. The third kappa shape index (κ3) is 5.26. The first kappa shape index (κ1) is 19.3. The maximum atomic E-state index is 12.3. The highest BCUT2D eigenvalue weighted by molar-refractivity contribution is 6.06. The van der Waals surface area contributed by atoms with Gasteiger partial charge < -0.3 is 5.32 Å². The summed E-state index contributed by atoms with van der Waals surface area (Å²) in [6.07, 6.45) is 8.69. The fraction of sp³-hybridized carbons (Fsp3) is 0.0833. The molecule has 6 nitrogen and oxygen atoms in total. The number of aromatic nitrogens is 4. The summed E-state index contributed by atoms with van der Waals surface area (Å²) in [7, 11) is 0. The molecule has 0 aliphatic rings. The van der Waals surface area contributed by atoms with Gasteiger partial charge in [0.15, 0.2) is 5.78 Å². The van der Waals surface area contributed by atoms with Crippen molar-refractivity contribution in [1.29, 1.82) is 0 Å². The van der Waals surface area contributed by atoms with E-state index in [-0.39, 0.29) is 5.78 Å². The molecule has 4 rings (SSSR count). The molecule has 0 unspecified atom stereocenters. The van der Waals surface area contributed by atoms with E-state index in [4.69, 9.17) is 0 Å². The zero-order valence-corrected chi connectivity index (χ0v) is 16.3. The predicted molar refractivity (Wildman–Crippen MR) is 117 cm³/mol. The standard InChI is InChI=1S/C24H21N5O/c30-24(11-6-19-12-14-25-15-13-19)21-7-9-22(10-8-21)26-16-23-18-29(28-27-23)17-20-4-2-1-3-5-20/h1-15,18,26H,16-17H2/b11-6+. The quantitative estimate of drug-likeness (QED) is 0.357. The second kappa shape index (κ2) is 9.43. The van der Waals surface area contributed by atoms with Crippen LogP contribution in [0.3, 0.4) is 0 Å². The Bertz CT molecular complexity index is 1120. The summed E-state index contributed by atoms with van der Waals surface area (Å²) in [4.78, 5) is 16.3. The van der Waals surface area contributed by atoms with Gasteiger partial charge in [-0.1, -0.05) is 41.6 Å². The van der Waals surface area contributed by atoms with Crippen molar-refractivity contribution in [2.24, 2.45) is 0 Å². The minimum Gasteiger partial charge on any atom is -0.379 e. The van der Waals surface area contributed by atoms with Crippen molar-refractivity contribution in [3.63, 3.8) is 0 Å². The van der Waals surface area contributed by atoms with Crippen LogP contribution in [0.5, 0.6) is 0 Å². The van der Waals surface area contributed by atoms with Crippen LogP contribution in [0.25, 0.3) is 6.08 Å². The molecule has 2 heterocycles. The van der Waals surface area contributed by atoms with Crippen molar-refractivity contribution in [1.82, 2.24) is 20.0 Å². The van der Waals surface area contributed by atoms with E-state index in [0.717, 1.165) is 16.9 Å². The van der Waals surface area contributed by atoms with Gasteiger partial charge in [-0.05, 0) is 53.6 Å². The molecule has 0 saturated heterocycles. The smallest absolute Gasteiger partial charge is 0.185 e. The number of nitrogens with one attached hydrogen (secondary N) is 1. The number of hydrogen-bond donors (Lipinski definition) is 1. The second-order valence-corrected chi connectivity index (χ2v) is 6.80. The highest BCUT2D eigenvalue weighted by Gasteiger charge is 2.04. The number of hydrogen-bond acceptors (Lipinski definition) is 5. The molecule has 0 bridgehead atoms. The summed E-state index contributed by atoms with van der Waals surface area (Å²) in [5.74, 6) is -0.0396. The Balaban J connectivity index is 1.31. The van der Waals surface area contributed by atoms with Gasteiger partial charge in [0.05, 0.1) is 19.3 Å². The summed E-state index contributed by atoms with van der Waals surface area (Å²) < 4.78 is 1.82. The number of carbonyl (C=O) groups is 1. The molecule has 0 saturated carbocycles. The van der Waals surface area contributed by atoms with E-state index in [1.54, 1.807) is 24.5 Å². The lowest BCUT2D eigenvalue weighted by Gasteiger charge is -2.05. The number of nitrogens with zero attached hydrogens (tertiary/aromatic N) is 4. The average molecular weight is 395 g/mol. The van der Waals surface area contributed by atoms with Crippen molar-refractivity contribution in [3.8, 4) is 0 Å². The Labute approximate surface area is 174 Å². The van der Waals surface area contributed by atoms with Gasteiger partial charge >= 0.3 is 0 Å². The van der Waals surface area contributed by atoms with Crippen LogP contribution < -0.4 is 5.32 Å². The van der Waals surface area contributed by atoms with E-state index in [2.05, 4.69) is 32.7 Å². The van der Waals surface area contributed by atoms with E-state index in [1.807, 2.05) is 65.5 Å². The lowest BCUT2D eigenvalue weighted by atomic mass is 10.1. The summed E-state index contributed by atoms with van der Waals surface area (Å²) in [5, 5.41) is 11.7. The van der Waals surface area contributed by atoms with Crippen LogP contribution in [-0.2, 0) is 13.1 Å². The monoisotopic (exact) mass is 395 g/mol. The van der Waals surface area contributed by atoms with Gasteiger partial charge in [-0.15, -0.1) is 5.10 Å². The number of rotatable bonds is 8. The molecule has 6 heteroatoms. The topological polar surface area (TPSA) is 72.7 Å². The van der Waals surface area contributed by atoms with Crippen LogP contribution in [0.4, 0.5) is 5.69 Å². The highest BCUT2D eigenvalue weighted by atomic mass is 16.1. The first-order valence-electron chi connectivity index (χ1n) is 9.65. The van der Waals surface area contributed by atoms with Gasteiger partial charge in [0.2, 0.25) is 0 Å². The van der Waals surface area contributed by atoms with Crippen LogP contribution >= 0.6 is 0 Å². The van der Waals surface area contributed by atoms with E-state index in [9.17, 15) is 4.79 Å². The summed E-state index contributed by atoms with van der Waals surface area (Å²) in [6, 6.07) is 21.3. The molecule has 0 aliphatic carbocycles. The molecule has 0 fully saturated rings. The van der Waals surface area contributed by atoms with Crippen LogP contribution in [0.2, 0.25) is 0 Å². The molecule has 2 aromatic heterocycles. The van der Waals surface area contributed by atoms with Gasteiger partial charge in [0, 0.05) is 23.6 Å². The molecule has 2 aromatic carbocycles. The summed E-state index contributed by atoms with van der Waals surface area (Å²) >= 11 is 0. The average Bonchev–Trinajstić information content (AvgIpc) is 3.25. The van der Waals surface area contributed by atoms with Gasteiger partial charge in [-0.25, -0.2) is 4.68 Å². The maximum Gasteiger partial charge on any atom is 0.185 e. The maximum absolute atomic E-state index is 12.3. The Hall–Kier alpha value is -4.06. The number of carbonyl (C=O) groups excluding carboxylic acids is 1. The van der Waals surface area contributed by atoms with E-state index >= 15 is 0 Å². The first-order chi connectivity index (χ1) is 14.8. The molecular weight excluding hydrogens is 374 g/mol.